The molecule has 0 atom stereocenters. The number of halogens is 1. The number of aromatic amines is 1. The van der Waals surface area contributed by atoms with Gasteiger partial charge in [0.25, 0.3) is 5.56 Å². The Bertz CT molecular complexity index is 757. The van der Waals surface area contributed by atoms with Crippen LogP contribution in [0.1, 0.15) is 0 Å². The first-order chi connectivity index (χ1) is 10.1. The summed E-state index contributed by atoms with van der Waals surface area (Å²) >= 11 is 5.87. The molecule has 3 N–H and O–H groups in total. The smallest absolute Gasteiger partial charge is 0.251 e. The van der Waals surface area contributed by atoms with E-state index < -0.39 is 0 Å². The van der Waals surface area contributed by atoms with E-state index in [1.54, 1.807) is 24.3 Å². The van der Waals surface area contributed by atoms with Crippen molar-refractivity contribution < 1.29 is 0 Å². The van der Waals surface area contributed by atoms with Gasteiger partial charge in [0.05, 0.1) is 5.69 Å². The highest BCUT2D eigenvalue weighted by molar-refractivity contribution is 6.30. The van der Waals surface area contributed by atoms with Gasteiger partial charge in [-0.3, -0.25) is 4.79 Å². The predicted octanol–water partition coefficient (Wildman–Crippen LogP) is 3.34. The minimum Gasteiger partial charge on any atom is -0.399 e. The van der Waals surface area contributed by atoms with Crippen LogP contribution in [-0.2, 0) is 0 Å². The second kappa shape index (κ2) is 5.42. The number of aromatic nitrogens is 2. The zero-order valence-corrected chi connectivity index (χ0v) is 11.8. The van der Waals surface area contributed by atoms with Crippen LogP contribution in [0.3, 0.4) is 0 Å². The van der Waals surface area contributed by atoms with Gasteiger partial charge in [0.1, 0.15) is 5.82 Å². The summed E-state index contributed by atoms with van der Waals surface area (Å²) in [5, 5.41) is 0.635. The van der Waals surface area contributed by atoms with Crippen molar-refractivity contribution in [3.05, 3.63) is 70.0 Å². The lowest BCUT2D eigenvalue weighted by Gasteiger charge is -2.05. The number of hydrogen-bond acceptors (Lipinski definition) is 3. The Morgan fingerprint density at radius 3 is 2.24 bits per heavy atom. The number of benzene rings is 2. The van der Waals surface area contributed by atoms with Crippen LogP contribution in [-0.4, -0.2) is 9.97 Å². The van der Waals surface area contributed by atoms with Gasteiger partial charge in [-0.25, -0.2) is 4.98 Å². The largest absolute Gasteiger partial charge is 0.399 e. The Balaban J connectivity index is 2.10. The molecule has 0 fully saturated rings. The van der Waals surface area contributed by atoms with Crippen molar-refractivity contribution in [3.63, 3.8) is 0 Å². The molecular weight excluding hydrogens is 286 g/mol. The number of nitrogens with one attached hydrogen (secondary N) is 1. The lowest BCUT2D eigenvalue weighted by molar-refractivity contribution is 1.13. The third kappa shape index (κ3) is 2.95. The number of anilines is 1. The van der Waals surface area contributed by atoms with Gasteiger partial charge in [-0.15, -0.1) is 0 Å². The van der Waals surface area contributed by atoms with Gasteiger partial charge in [-0.1, -0.05) is 23.7 Å². The number of H-pyrrole nitrogens is 1. The van der Waals surface area contributed by atoms with Crippen molar-refractivity contribution in [2.75, 3.05) is 5.73 Å². The molecule has 1 heterocycles. The summed E-state index contributed by atoms with van der Waals surface area (Å²) in [6, 6.07) is 15.8. The molecule has 3 rings (SSSR count). The summed E-state index contributed by atoms with van der Waals surface area (Å²) in [5.74, 6) is 0.506. The molecule has 21 heavy (non-hydrogen) atoms. The van der Waals surface area contributed by atoms with E-state index in [2.05, 4.69) is 9.97 Å². The Labute approximate surface area is 126 Å². The maximum atomic E-state index is 11.8. The highest BCUT2D eigenvalue weighted by atomic mass is 35.5. The number of rotatable bonds is 2. The molecule has 0 aliphatic rings. The average molecular weight is 298 g/mol. The van der Waals surface area contributed by atoms with Crippen molar-refractivity contribution in [1.29, 1.82) is 0 Å². The molecular formula is C16H12ClN3O. The molecule has 0 spiro atoms. The van der Waals surface area contributed by atoms with Crippen molar-refractivity contribution in [1.82, 2.24) is 9.97 Å². The molecule has 0 unspecified atom stereocenters. The summed E-state index contributed by atoms with van der Waals surface area (Å²) in [6.45, 7) is 0. The van der Waals surface area contributed by atoms with Crippen LogP contribution in [0.5, 0.6) is 0 Å². The molecule has 0 radical (unpaired) electrons. The van der Waals surface area contributed by atoms with Crippen molar-refractivity contribution >= 4 is 17.3 Å². The molecule has 0 saturated heterocycles. The number of hydrogen-bond donors (Lipinski definition) is 2. The summed E-state index contributed by atoms with van der Waals surface area (Å²) in [4.78, 5) is 19.1. The van der Waals surface area contributed by atoms with Crippen molar-refractivity contribution in [3.8, 4) is 22.6 Å². The number of nitrogen functional groups attached to an aromatic ring is 1. The standard InChI is InChI=1S/C16H12ClN3O/c17-12-5-1-11(2-6-12)16-19-14(9-15(21)20-16)10-3-7-13(18)8-4-10/h1-9H,18H2,(H,19,20,21). The zero-order chi connectivity index (χ0) is 14.8. The van der Waals surface area contributed by atoms with Crippen LogP contribution in [0.25, 0.3) is 22.6 Å². The average Bonchev–Trinajstić information content (AvgIpc) is 2.48. The SMILES string of the molecule is Nc1ccc(-c2cc(=O)[nH]c(-c3ccc(Cl)cc3)n2)cc1. The first-order valence-electron chi connectivity index (χ1n) is 6.35. The normalized spacial score (nSPS) is 10.5. The van der Waals surface area contributed by atoms with Gasteiger partial charge >= 0.3 is 0 Å². The summed E-state index contributed by atoms with van der Waals surface area (Å²) < 4.78 is 0. The summed E-state index contributed by atoms with van der Waals surface area (Å²) in [7, 11) is 0. The molecule has 3 aromatic rings. The predicted molar refractivity (Wildman–Crippen MR) is 85.2 cm³/mol. The van der Waals surface area contributed by atoms with Crippen LogP contribution < -0.4 is 11.3 Å². The molecule has 0 saturated carbocycles. The molecule has 1 aromatic heterocycles. The van der Waals surface area contributed by atoms with E-state index in [4.69, 9.17) is 17.3 Å². The minimum absolute atomic E-state index is 0.207. The Hall–Kier alpha value is -2.59. The number of nitrogens with two attached hydrogens (primary N) is 1. The lowest BCUT2D eigenvalue weighted by atomic mass is 10.1. The van der Waals surface area contributed by atoms with Gasteiger partial charge in [-0.2, -0.15) is 0 Å². The van der Waals surface area contributed by atoms with E-state index in [9.17, 15) is 4.79 Å². The minimum atomic E-state index is -0.207. The maximum absolute atomic E-state index is 11.8. The van der Waals surface area contributed by atoms with E-state index in [1.165, 1.54) is 6.07 Å². The third-order valence-corrected chi connectivity index (χ3v) is 3.32. The van der Waals surface area contributed by atoms with E-state index in [1.807, 2.05) is 24.3 Å². The van der Waals surface area contributed by atoms with E-state index in [0.29, 0.717) is 22.2 Å². The molecule has 5 heteroatoms. The summed E-state index contributed by atoms with van der Waals surface area (Å²) in [6.07, 6.45) is 0. The Morgan fingerprint density at radius 1 is 0.952 bits per heavy atom. The third-order valence-electron chi connectivity index (χ3n) is 3.07. The van der Waals surface area contributed by atoms with Gasteiger partial charge in [-0.05, 0) is 36.4 Å². The fraction of sp³-hybridized carbons (Fsp3) is 0. The van der Waals surface area contributed by atoms with Crippen molar-refractivity contribution in [2.24, 2.45) is 0 Å². The molecule has 2 aromatic carbocycles. The Kier molecular flexibility index (Phi) is 3.46. The summed E-state index contributed by atoms with van der Waals surface area (Å²) in [5.41, 5.74) is 8.37. The maximum Gasteiger partial charge on any atom is 0.251 e. The molecule has 104 valence electrons. The monoisotopic (exact) mass is 297 g/mol. The van der Waals surface area contributed by atoms with Gasteiger partial charge in [0.2, 0.25) is 0 Å². The first-order valence-corrected chi connectivity index (χ1v) is 6.73. The topological polar surface area (TPSA) is 71.8 Å². The van der Waals surface area contributed by atoms with E-state index in [-0.39, 0.29) is 5.56 Å². The highest BCUT2D eigenvalue weighted by Crippen LogP contribution is 2.21. The van der Waals surface area contributed by atoms with E-state index >= 15 is 0 Å². The van der Waals surface area contributed by atoms with Crippen LogP contribution in [0, 0.1) is 0 Å². The number of nitrogens with zero attached hydrogens (tertiary/aromatic N) is 1. The molecule has 4 nitrogen and oxygen atoms in total. The molecule has 0 bridgehead atoms. The quantitative estimate of drug-likeness (QED) is 0.713. The van der Waals surface area contributed by atoms with Crippen LogP contribution in [0.15, 0.2) is 59.4 Å². The van der Waals surface area contributed by atoms with Crippen LogP contribution in [0.4, 0.5) is 5.69 Å². The molecule has 0 amide bonds. The Morgan fingerprint density at radius 2 is 1.57 bits per heavy atom. The van der Waals surface area contributed by atoms with Crippen LogP contribution >= 0.6 is 11.6 Å². The second-order valence-electron chi connectivity index (χ2n) is 4.61. The van der Waals surface area contributed by atoms with Gasteiger partial charge in [0.15, 0.2) is 0 Å². The van der Waals surface area contributed by atoms with Gasteiger partial charge in [0, 0.05) is 27.9 Å². The van der Waals surface area contributed by atoms with Crippen molar-refractivity contribution in [2.45, 2.75) is 0 Å². The fourth-order valence-corrected chi connectivity index (χ4v) is 2.13. The zero-order valence-electron chi connectivity index (χ0n) is 11.0. The molecule has 0 aliphatic heterocycles. The second-order valence-corrected chi connectivity index (χ2v) is 5.04. The van der Waals surface area contributed by atoms with E-state index in [0.717, 1.165) is 11.1 Å². The fourth-order valence-electron chi connectivity index (χ4n) is 2.00. The molecule has 0 aliphatic carbocycles. The highest BCUT2D eigenvalue weighted by Gasteiger charge is 2.06. The first kappa shape index (κ1) is 13.4. The van der Waals surface area contributed by atoms with Gasteiger partial charge < -0.3 is 10.7 Å². The lowest BCUT2D eigenvalue weighted by Crippen LogP contribution is -2.08. The van der Waals surface area contributed by atoms with Crippen LogP contribution in [0.2, 0.25) is 5.02 Å².